The van der Waals surface area contributed by atoms with Crippen LogP contribution in [0, 0.1) is 0 Å². The summed E-state index contributed by atoms with van der Waals surface area (Å²) in [6.45, 7) is -0.652. The lowest BCUT2D eigenvalue weighted by Gasteiger charge is -2.27. The van der Waals surface area contributed by atoms with Crippen molar-refractivity contribution in [1.29, 1.82) is 0 Å². The lowest BCUT2D eigenvalue weighted by Crippen LogP contribution is -2.39. The summed E-state index contributed by atoms with van der Waals surface area (Å²) in [7, 11) is -3.90. The van der Waals surface area contributed by atoms with Crippen molar-refractivity contribution in [3.63, 3.8) is 0 Å². The van der Waals surface area contributed by atoms with Crippen LogP contribution in [-0.2, 0) is 35.6 Å². The van der Waals surface area contributed by atoms with Crippen LogP contribution < -0.4 is 0 Å². The highest BCUT2D eigenvalue weighted by atomic mass is 32.3. The van der Waals surface area contributed by atoms with Crippen LogP contribution in [0.15, 0.2) is 6.20 Å². The fraction of sp³-hybridized carbons (Fsp3) is 0.455. The molecule has 2 N–H and O–H groups in total. The van der Waals surface area contributed by atoms with Crippen molar-refractivity contribution < 1.29 is 41.5 Å². The fourth-order valence-electron chi connectivity index (χ4n) is 2.86. The zero-order valence-corrected chi connectivity index (χ0v) is 13.4. The summed E-state index contributed by atoms with van der Waals surface area (Å²) < 4.78 is 40.8. The van der Waals surface area contributed by atoms with Gasteiger partial charge in [-0.15, -0.1) is 4.28 Å². The summed E-state index contributed by atoms with van der Waals surface area (Å²) in [5.41, 5.74) is 0.251. The average molecular weight is 376 g/mol. The Bertz CT molecular complexity index is 863. The molecule has 14 heteroatoms. The first-order chi connectivity index (χ1) is 11.6. The van der Waals surface area contributed by atoms with E-state index in [1.54, 1.807) is 0 Å². The number of nitrogens with zero attached hydrogens (tertiary/aromatic N) is 4. The zero-order chi connectivity index (χ0) is 18.5. The average Bonchev–Trinajstić information content (AvgIpc) is 3.01. The largest absolute Gasteiger partial charge is 0.480 e. The number of carbonyl (C=O) groups excluding carboxylic acids is 2. The molecule has 0 aliphatic carbocycles. The number of urea groups is 1. The van der Waals surface area contributed by atoms with E-state index in [1.165, 1.54) is 6.20 Å². The highest BCUT2D eigenvalue weighted by Gasteiger charge is 2.54. The third-order valence-electron chi connectivity index (χ3n) is 3.73. The van der Waals surface area contributed by atoms with Gasteiger partial charge in [-0.25, -0.2) is 9.59 Å². The maximum absolute atomic E-state index is 12.3. The number of ether oxygens (including phenoxy) is 1. The molecule has 136 valence electrons. The summed E-state index contributed by atoms with van der Waals surface area (Å²) in [4.78, 5) is 36.2. The first-order valence-corrected chi connectivity index (χ1v) is 8.12. The van der Waals surface area contributed by atoms with Gasteiger partial charge < -0.3 is 14.7 Å². The summed E-state index contributed by atoms with van der Waals surface area (Å²) in [6, 6.07) is -3.29. The van der Waals surface area contributed by atoms with Gasteiger partial charge in [-0.3, -0.25) is 14.0 Å². The van der Waals surface area contributed by atoms with Gasteiger partial charge in [0, 0.05) is 11.8 Å². The number of hydrogen-bond donors (Lipinski definition) is 2. The maximum atomic E-state index is 12.3. The molecule has 0 unspecified atom stereocenters. The molecule has 1 saturated heterocycles. The molecule has 0 saturated carbocycles. The number of carboxylic acids is 1. The van der Waals surface area contributed by atoms with Gasteiger partial charge in [-0.05, 0) is 0 Å². The topological polar surface area (TPSA) is 169 Å². The number of carboxylic acid groups (broad SMARTS) is 1. The van der Waals surface area contributed by atoms with Gasteiger partial charge in [0.05, 0.1) is 13.7 Å². The molecule has 2 aliphatic heterocycles. The maximum Gasteiger partial charge on any atom is 0.418 e. The van der Waals surface area contributed by atoms with Gasteiger partial charge >= 0.3 is 28.4 Å². The molecule has 25 heavy (non-hydrogen) atoms. The number of aromatic nitrogens is 2. The molecule has 3 rings (SSSR count). The van der Waals surface area contributed by atoms with Crippen molar-refractivity contribution in [2.75, 3.05) is 13.7 Å². The SMILES string of the molecule is COC(=O)[C@@H]1c2nn(CC(=O)O)cc2[C@@H]2CN1C(=O)N2OS(=O)(=O)O. The highest BCUT2D eigenvalue weighted by Crippen LogP contribution is 2.44. The predicted molar refractivity (Wildman–Crippen MR) is 73.9 cm³/mol. The number of methoxy groups -OCH3 is 1. The van der Waals surface area contributed by atoms with Crippen molar-refractivity contribution in [2.45, 2.75) is 18.6 Å². The van der Waals surface area contributed by atoms with Crippen molar-refractivity contribution in [3.8, 4) is 0 Å². The van der Waals surface area contributed by atoms with E-state index in [0.717, 1.165) is 16.7 Å². The monoisotopic (exact) mass is 376 g/mol. The summed E-state index contributed by atoms with van der Waals surface area (Å²) in [6.07, 6.45) is 1.26. The number of aliphatic carboxylic acids is 1. The number of carbonyl (C=O) groups is 3. The van der Waals surface area contributed by atoms with Crippen LogP contribution in [0.1, 0.15) is 23.3 Å². The van der Waals surface area contributed by atoms with E-state index in [-0.39, 0.29) is 17.8 Å². The molecular formula is C11H12N4O9S. The first kappa shape index (κ1) is 17.1. The van der Waals surface area contributed by atoms with Crippen molar-refractivity contribution in [3.05, 3.63) is 17.5 Å². The van der Waals surface area contributed by atoms with Crippen LogP contribution in [0.4, 0.5) is 4.79 Å². The molecule has 1 fully saturated rings. The molecule has 0 spiro atoms. The fourth-order valence-corrected chi connectivity index (χ4v) is 3.23. The number of rotatable bonds is 5. The summed E-state index contributed by atoms with van der Waals surface area (Å²) in [5.74, 6) is -2.04. The van der Waals surface area contributed by atoms with Crippen molar-refractivity contribution in [1.82, 2.24) is 19.7 Å². The molecule has 2 atom stereocenters. The zero-order valence-electron chi connectivity index (χ0n) is 12.6. The van der Waals surface area contributed by atoms with Gasteiger partial charge in [-0.1, -0.05) is 0 Å². The molecule has 0 radical (unpaired) electrons. The van der Waals surface area contributed by atoms with E-state index in [0.29, 0.717) is 5.06 Å². The molecule has 2 bridgehead atoms. The van der Waals surface area contributed by atoms with Gasteiger partial charge in [-0.2, -0.15) is 18.6 Å². The van der Waals surface area contributed by atoms with Crippen LogP contribution in [0.5, 0.6) is 0 Å². The standard InChI is InChI=1S/C11H12N4O9S/c1-23-10(18)9-8-5(2-13(12-8)4-7(16)17)6-3-14(9)11(19)15(6)24-25(20,21)22/h2,6,9H,3-4H2,1H3,(H,16,17)(H,20,21,22)/t6-,9-/m0/s1. The molecule has 3 heterocycles. The summed E-state index contributed by atoms with van der Waals surface area (Å²) in [5, 5.41) is 13.3. The number of fused-ring (bicyclic) bond motifs is 4. The molecular weight excluding hydrogens is 364 g/mol. The van der Waals surface area contributed by atoms with Crippen LogP contribution in [0.3, 0.4) is 0 Å². The first-order valence-electron chi connectivity index (χ1n) is 6.76. The smallest absolute Gasteiger partial charge is 0.418 e. The lowest BCUT2D eigenvalue weighted by molar-refractivity contribution is -0.146. The van der Waals surface area contributed by atoms with Gasteiger partial charge in [0.2, 0.25) is 0 Å². The second kappa shape index (κ2) is 5.68. The quantitative estimate of drug-likeness (QED) is 0.465. The molecule has 0 aromatic carbocycles. The minimum absolute atomic E-state index is 0.0409. The van der Waals surface area contributed by atoms with E-state index in [2.05, 4.69) is 14.1 Å². The van der Waals surface area contributed by atoms with Crippen LogP contribution in [0.2, 0.25) is 0 Å². The Morgan fingerprint density at radius 2 is 2.12 bits per heavy atom. The molecule has 13 nitrogen and oxygen atoms in total. The predicted octanol–water partition coefficient (Wildman–Crippen LogP) is -1.29. The van der Waals surface area contributed by atoms with Crippen LogP contribution in [0.25, 0.3) is 0 Å². The van der Waals surface area contributed by atoms with E-state index < -0.39 is 47.0 Å². The second-order valence-electron chi connectivity index (χ2n) is 5.27. The number of hydrogen-bond acceptors (Lipinski definition) is 8. The van der Waals surface area contributed by atoms with Crippen LogP contribution >= 0.6 is 0 Å². The van der Waals surface area contributed by atoms with Crippen molar-refractivity contribution >= 4 is 28.4 Å². The molecule has 1 aromatic rings. The Morgan fingerprint density at radius 1 is 1.44 bits per heavy atom. The number of hydroxylamine groups is 2. The van der Waals surface area contributed by atoms with Gasteiger partial charge in [0.25, 0.3) is 0 Å². The Labute approximate surface area is 140 Å². The van der Waals surface area contributed by atoms with Crippen LogP contribution in [-0.4, -0.2) is 69.4 Å². The molecule has 2 aliphatic rings. The van der Waals surface area contributed by atoms with Gasteiger partial charge in [0.1, 0.15) is 18.3 Å². The normalized spacial score (nSPS) is 22.1. The second-order valence-corrected chi connectivity index (χ2v) is 6.27. The minimum Gasteiger partial charge on any atom is -0.480 e. The van der Waals surface area contributed by atoms with E-state index in [1.807, 2.05) is 0 Å². The molecule has 1 aromatic heterocycles. The Balaban J connectivity index is 2.08. The lowest BCUT2D eigenvalue weighted by atomic mass is 9.98. The number of amides is 2. The third kappa shape index (κ3) is 2.90. The van der Waals surface area contributed by atoms with Gasteiger partial charge in [0.15, 0.2) is 6.04 Å². The Hall–Kier alpha value is -2.71. The van der Waals surface area contributed by atoms with E-state index in [4.69, 9.17) is 9.66 Å². The Morgan fingerprint density at radius 3 is 2.68 bits per heavy atom. The minimum atomic E-state index is -5.00. The van der Waals surface area contributed by atoms with E-state index in [9.17, 15) is 22.8 Å². The highest BCUT2D eigenvalue weighted by molar-refractivity contribution is 7.80. The van der Waals surface area contributed by atoms with E-state index >= 15 is 0 Å². The Kier molecular flexibility index (Phi) is 3.89. The molecule has 2 amide bonds. The summed E-state index contributed by atoms with van der Waals surface area (Å²) >= 11 is 0. The van der Waals surface area contributed by atoms with Crippen molar-refractivity contribution in [2.24, 2.45) is 0 Å². The third-order valence-corrected chi connectivity index (χ3v) is 4.08. The number of esters is 1.